The number of aliphatic hydroxyl groups is 1. The number of carbonyl (C=O) groups is 1. The van der Waals surface area contributed by atoms with Crippen molar-refractivity contribution in [2.45, 2.75) is 26.4 Å². The van der Waals surface area contributed by atoms with Gasteiger partial charge in [0.05, 0.1) is 12.1 Å². The van der Waals surface area contributed by atoms with Crippen molar-refractivity contribution < 1.29 is 9.90 Å². The lowest BCUT2D eigenvalue weighted by atomic mass is 9.97. The van der Waals surface area contributed by atoms with Gasteiger partial charge >= 0.3 is 0 Å². The Labute approximate surface area is 114 Å². The highest BCUT2D eigenvalue weighted by molar-refractivity contribution is 5.95. The summed E-state index contributed by atoms with van der Waals surface area (Å²) in [6, 6.07) is 7.92. The zero-order valence-electron chi connectivity index (χ0n) is 11.9. The number of carbonyl (C=O) groups excluding carboxylic acids is 1. The van der Waals surface area contributed by atoms with Gasteiger partial charge in [-0.2, -0.15) is 0 Å². The number of β-amino-alcohol motifs (C(OH)–C–C–N with tert-alkyl or cyclic N) is 1. The average molecular weight is 262 g/mol. The number of anilines is 1. The number of aryl methyl sites for hydroxylation is 1. The first kappa shape index (κ1) is 14.0. The molecular formula is C15H22N2O2. The number of hydrogen-bond acceptors (Lipinski definition) is 3. The van der Waals surface area contributed by atoms with Crippen molar-refractivity contribution in [1.82, 2.24) is 4.90 Å². The van der Waals surface area contributed by atoms with Crippen LogP contribution >= 0.6 is 0 Å². The minimum absolute atomic E-state index is 0.0901. The molecule has 4 nitrogen and oxygen atoms in total. The summed E-state index contributed by atoms with van der Waals surface area (Å²) < 4.78 is 0. The number of benzene rings is 1. The molecule has 1 aliphatic rings. The maximum absolute atomic E-state index is 12.3. The van der Waals surface area contributed by atoms with Gasteiger partial charge in [-0.15, -0.1) is 0 Å². The molecule has 1 aromatic rings. The second kappa shape index (κ2) is 5.31. The molecular weight excluding hydrogens is 240 g/mol. The molecule has 1 amide bonds. The van der Waals surface area contributed by atoms with Crippen LogP contribution in [0.3, 0.4) is 0 Å². The number of likely N-dealkylation sites (tertiary alicyclic amines) is 1. The van der Waals surface area contributed by atoms with Crippen LogP contribution in [-0.4, -0.2) is 47.7 Å². The third-order valence-electron chi connectivity index (χ3n) is 3.51. The number of hydrogen-bond donors (Lipinski definition) is 1. The number of rotatable bonds is 4. The second-order valence-electron chi connectivity index (χ2n) is 5.57. The van der Waals surface area contributed by atoms with Gasteiger partial charge in [-0.3, -0.25) is 9.69 Å². The van der Waals surface area contributed by atoms with E-state index < -0.39 is 5.60 Å². The zero-order chi connectivity index (χ0) is 14.0. The Morgan fingerprint density at radius 3 is 2.58 bits per heavy atom. The molecule has 19 heavy (non-hydrogen) atoms. The summed E-state index contributed by atoms with van der Waals surface area (Å²) in [5.41, 5.74) is 1.45. The smallest absolute Gasteiger partial charge is 0.241 e. The fourth-order valence-electron chi connectivity index (χ4n) is 2.65. The first-order valence-corrected chi connectivity index (χ1v) is 6.73. The van der Waals surface area contributed by atoms with E-state index in [0.29, 0.717) is 26.2 Å². The van der Waals surface area contributed by atoms with E-state index in [0.717, 1.165) is 11.3 Å². The Morgan fingerprint density at radius 2 is 2.05 bits per heavy atom. The van der Waals surface area contributed by atoms with Crippen LogP contribution in [0, 0.1) is 6.92 Å². The van der Waals surface area contributed by atoms with Gasteiger partial charge < -0.3 is 10.0 Å². The van der Waals surface area contributed by atoms with Gasteiger partial charge in [0.25, 0.3) is 0 Å². The summed E-state index contributed by atoms with van der Waals surface area (Å²) in [5.74, 6) is 0.0901. The van der Waals surface area contributed by atoms with Crippen molar-refractivity contribution in [2.75, 3.05) is 31.1 Å². The van der Waals surface area contributed by atoms with E-state index in [2.05, 4.69) is 0 Å². The van der Waals surface area contributed by atoms with Gasteiger partial charge in [0.15, 0.2) is 0 Å². The van der Waals surface area contributed by atoms with E-state index in [1.54, 1.807) is 6.92 Å². The molecule has 1 aliphatic heterocycles. The molecule has 0 bridgehead atoms. The van der Waals surface area contributed by atoms with Crippen molar-refractivity contribution in [3.63, 3.8) is 0 Å². The van der Waals surface area contributed by atoms with E-state index in [4.69, 9.17) is 0 Å². The monoisotopic (exact) mass is 262 g/mol. The van der Waals surface area contributed by atoms with Crippen molar-refractivity contribution in [1.29, 1.82) is 0 Å². The summed E-state index contributed by atoms with van der Waals surface area (Å²) in [6.45, 7) is 7.98. The van der Waals surface area contributed by atoms with Crippen LogP contribution in [0.5, 0.6) is 0 Å². The van der Waals surface area contributed by atoms with Crippen LogP contribution < -0.4 is 4.90 Å². The quantitative estimate of drug-likeness (QED) is 0.892. The highest BCUT2D eigenvalue weighted by Crippen LogP contribution is 2.22. The standard InChI is InChI=1S/C15H22N2O2/c1-4-17(13-8-6-5-7-12(13)2)14(18)9-16-10-15(3,19)11-16/h5-8,19H,4,9-11H2,1-3H3. The molecule has 0 unspecified atom stereocenters. The predicted molar refractivity (Wildman–Crippen MR) is 76.3 cm³/mol. The fraction of sp³-hybridized carbons (Fsp3) is 0.533. The van der Waals surface area contributed by atoms with Crippen LogP contribution in [0.4, 0.5) is 5.69 Å². The highest BCUT2D eigenvalue weighted by atomic mass is 16.3. The number of nitrogens with zero attached hydrogens (tertiary/aromatic N) is 2. The second-order valence-corrected chi connectivity index (χ2v) is 5.57. The van der Waals surface area contributed by atoms with E-state index >= 15 is 0 Å². The number of amides is 1. The molecule has 0 saturated carbocycles. The lowest BCUT2D eigenvalue weighted by Gasteiger charge is -2.44. The maximum Gasteiger partial charge on any atom is 0.241 e. The summed E-state index contributed by atoms with van der Waals surface area (Å²) in [7, 11) is 0. The number of likely N-dealkylation sites (N-methyl/N-ethyl adjacent to an activating group) is 1. The summed E-state index contributed by atoms with van der Waals surface area (Å²) in [5, 5.41) is 9.69. The maximum atomic E-state index is 12.3. The molecule has 1 aromatic carbocycles. The molecule has 0 aromatic heterocycles. The summed E-state index contributed by atoms with van der Waals surface area (Å²) in [4.78, 5) is 16.1. The third-order valence-corrected chi connectivity index (χ3v) is 3.51. The lowest BCUT2D eigenvalue weighted by Crippen LogP contribution is -2.61. The zero-order valence-corrected chi connectivity index (χ0v) is 11.9. The fourth-order valence-corrected chi connectivity index (χ4v) is 2.65. The predicted octanol–water partition coefficient (Wildman–Crippen LogP) is 1.41. The molecule has 1 fully saturated rings. The Hall–Kier alpha value is -1.39. The van der Waals surface area contributed by atoms with Crippen molar-refractivity contribution >= 4 is 11.6 Å². The van der Waals surface area contributed by atoms with E-state index in [1.165, 1.54) is 0 Å². The first-order valence-electron chi connectivity index (χ1n) is 6.73. The van der Waals surface area contributed by atoms with Gasteiger partial charge in [0.1, 0.15) is 0 Å². The van der Waals surface area contributed by atoms with Crippen LogP contribution in [0.15, 0.2) is 24.3 Å². The molecule has 1 heterocycles. The molecule has 104 valence electrons. The normalized spacial score (nSPS) is 17.9. The molecule has 2 rings (SSSR count). The number of para-hydroxylation sites is 1. The summed E-state index contributed by atoms with van der Waals surface area (Å²) in [6.07, 6.45) is 0. The molecule has 1 N–H and O–H groups in total. The van der Waals surface area contributed by atoms with Gasteiger partial charge in [0.2, 0.25) is 5.91 Å². The Balaban J connectivity index is 2.02. The Bertz CT molecular complexity index is 463. The van der Waals surface area contributed by atoms with Crippen LogP contribution in [0.2, 0.25) is 0 Å². The largest absolute Gasteiger partial charge is 0.388 e. The Kier molecular flexibility index (Phi) is 3.92. The molecule has 1 saturated heterocycles. The highest BCUT2D eigenvalue weighted by Gasteiger charge is 2.37. The van der Waals surface area contributed by atoms with Gasteiger partial charge in [-0.05, 0) is 32.4 Å². The minimum atomic E-state index is -0.625. The topological polar surface area (TPSA) is 43.8 Å². The van der Waals surface area contributed by atoms with Gasteiger partial charge in [-0.25, -0.2) is 0 Å². The minimum Gasteiger partial charge on any atom is -0.388 e. The van der Waals surface area contributed by atoms with E-state index in [1.807, 2.05) is 47.9 Å². The van der Waals surface area contributed by atoms with Crippen LogP contribution in [0.25, 0.3) is 0 Å². The Morgan fingerprint density at radius 1 is 1.42 bits per heavy atom. The molecule has 0 aliphatic carbocycles. The molecule has 0 spiro atoms. The SMILES string of the molecule is CCN(C(=O)CN1CC(C)(O)C1)c1ccccc1C. The average Bonchev–Trinajstić information content (AvgIpc) is 2.30. The van der Waals surface area contributed by atoms with E-state index in [9.17, 15) is 9.90 Å². The van der Waals surface area contributed by atoms with Crippen LogP contribution in [0.1, 0.15) is 19.4 Å². The van der Waals surface area contributed by atoms with Gasteiger partial charge in [0, 0.05) is 25.3 Å². The summed E-state index contributed by atoms with van der Waals surface area (Å²) >= 11 is 0. The van der Waals surface area contributed by atoms with E-state index in [-0.39, 0.29) is 5.91 Å². The molecule has 0 radical (unpaired) electrons. The lowest BCUT2D eigenvalue weighted by molar-refractivity contribution is -0.127. The van der Waals surface area contributed by atoms with Crippen LogP contribution in [-0.2, 0) is 4.79 Å². The van der Waals surface area contributed by atoms with Crippen molar-refractivity contribution in [3.05, 3.63) is 29.8 Å². The van der Waals surface area contributed by atoms with Crippen molar-refractivity contribution in [3.8, 4) is 0 Å². The molecule has 4 heteroatoms. The van der Waals surface area contributed by atoms with Crippen molar-refractivity contribution in [2.24, 2.45) is 0 Å². The third kappa shape index (κ3) is 3.14. The molecule has 0 atom stereocenters. The van der Waals surface area contributed by atoms with Gasteiger partial charge in [-0.1, -0.05) is 18.2 Å². The first-order chi connectivity index (χ1) is 8.93.